The molecule has 0 saturated carbocycles. The van der Waals surface area contributed by atoms with Crippen LogP contribution < -0.4 is 5.32 Å². The van der Waals surface area contributed by atoms with Crippen LogP contribution in [0.15, 0.2) is 36.4 Å². The van der Waals surface area contributed by atoms with Crippen LogP contribution >= 0.6 is 11.3 Å². The molecule has 1 heterocycles. The quantitative estimate of drug-likeness (QED) is 0.800. The molecule has 5 nitrogen and oxygen atoms in total. The van der Waals surface area contributed by atoms with Crippen LogP contribution in [0.3, 0.4) is 0 Å². The molecular weight excluding hydrogens is 300 g/mol. The van der Waals surface area contributed by atoms with Crippen LogP contribution in [0, 0.1) is 0 Å². The van der Waals surface area contributed by atoms with E-state index in [1.807, 2.05) is 37.3 Å². The zero-order valence-electron chi connectivity index (χ0n) is 12.1. The van der Waals surface area contributed by atoms with Gasteiger partial charge in [-0.25, -0.2) is 9.78 Å². The van der Waals surface area contributed by atoms with Gasteiger partial charge in [-0.1, -0.05) is 55.0 Å². The maximum absolute atomic E-state index is 11.9. The largest absolute Gasteiger partial charge is 0.477 e. The second-order valence-electron chi connectivity index (χ2n) is 4.58. The summed E-state index contributed by atoms with van der Waals surface area (Å²) in [6.07, 6.45) is 4.46. The summed E-state index contributed by atoms with van der Waals surface area (Å²) >= 11 is 0.981. The average molecular weight is 316 g/mol. The van der Waals surface area contributed by atoms with Crippen molar-refractivity contribution in [2.75, 3.05) is 5.32 Å². The lowest BCUT2D eigenvalue weighted by atomic mass is 10.2. The number of aromatic nitrogens is 1. The van der Waals surface area contributed by atoms with E-state index in [0.717, 1.165) is 23.3 Å². The molecule has 0 spiro atoms. The number of benzene rings is 1. The van der Waals surface area contributed by atoms with E-state index in [9.17, 15) is 9.59 Å². The van der Waals surface area contributed by atoms with Gasteiger partial charge in [0, 0.05) is 6.08 Å². The van der Waals surface area contributed by atoms with Crippen molar-refractivity contribution in [3.63, 3.8) is 0 Å². The van der Waals surface area contributed by atoms with Gasteiger partial charge in [-0.15, -0.1) is 0 Å². The van der Waals surface area contributed by atoms with E-state index in [0.29, 0.717) is 17.2 Å². The molecule has 0 saturated heterocycles. The monoisotopic (exact) mass is 316 g/mol. The highest BCUT2D eigenvalue weighted by molar-refractivity contribution is 7.17. The smallest absolute Gasteiger partial charge is 0.347 e. The topological polar surface area (TPSA) is 79.3 Å². The maximum atomic E-state index is 11.9. The fraction of sp³-hybridized carbons (Fsp3) is 0.188. The van der Waals surface area contributed by atoms with Gasteiger partial charge in [-0.05, 0) is 18.1 Å². The standard InChI is InChI=1S/C16H16N2O3S/c1-2-6-12-14(15(20)21)22-16(17-12)18-13(19)10-9-11-7-4-3-5-8-11/h3-5,7-10H,2,6H2,1H3,(H,20,21)(H,17,18,19)/b10-9+. The van der Waals surface area contributed by atoms with Crippen molar-refractivity contribution >= 4 is 34.4 Å². The first-order valence-electron chi connectivity index (χ1n) is 6.87. The zero-order chi connectivity index (χ0) is 15.9. The molecule has 0 fully saturated rings. The number of carbonyl (C=O) groups excluding carboxylic acids is 1. The van der Waals surface area contributed by atoms with Crippen molar-refractivity contribution in [1.82, 2.24) is 4.98 Å². The molecule has 1 aromatic carbocycles. The van der Waals surface area contributed by atoms with E-state index in [1.165, 1.54) is 6.08 Å². The number of aryl methyl sites for hydroxylation is 1. The predicted octanol–water partition coefficient (Wildman–Crippen LogP) is 3.45. The van der Waals surface area contributed by atoms with Gasteiger partial charge in [0.25, 0.3) is 0 Å². The number of hydrogen-bond donors (Lipinski definition) is 2. The molecule has 114 valence electrons. The highest BCUT2D eigenvalue weighted by atomic mass is 32.1. The van der Waals surface area contributed by atoms with Crippen molar-refractivity contribution in [2.24, 2.45) is 0 Å². The summed E-state index contributed by atoms with van der Waals surface area (Å²) in [6.45, 7) is 1.95. The lowest BCUT2D eigenvalue weighted by molar-refractivity contribution is -0.111. The third-order valence-corrected chi connectivity index (χ3v) is 3.84. The summed E-state index contributed by atoms with van der Waals surface area (Å²) < 4.78 is 0. The van der Waals surface area contributed by atoms with Crippen LogP contribution in [0.2, 0.25) is 0 Å². The normalized spacial score (nSPS) is 10.8. The molecule has 1 amide bonds. The summed E-state index contributed by atoms with van der Waals surface area (Å²) in [5, 5.41) is 12.0. The number of carboxylic acid groups (broad SMARTS) is 1. The van der Waals surface area contributed by atoms with Crippen molar-refractivity contribution in [3.8, 4) is 0 Å². The summed E-state index contributed by atoms with van der Waals surface area (Å²) in [4.78, 5) is 27.4. The van der Waals surface area contributed by atoms with Crippen LogP contribution in [-0.2, 0) is 11.2 Å². The molecule has 6 heteroatoms. The van der Waals surface area contributed by atoms with Crippen molar-refractivity contribution < 1.29 is 14.7 Å². The van der Waals surface area contributed by atoms with Gasteiger partial charge in [0.2, 0.25) is 5.91 Å². The number of carbonyl (C=O) groups is 2. The summed E-state index contributed by atoms with van der Waals surface area (Å²) in [6, 6.07) is 9.43. The highest BCUT2D eigenvalue weighted by Gasteiger charge is 2.17. The number of nitrogens with one attached hydrogen (secondary N) is 1. The number of nitrogens with zero attached hydrogens (tertiary/aromatic N) is 1. The van der Waals surface area contributed by atoms with Crippen LogP contribution in [0.5, 0.6) is 0 Å². The fourth-order valence-electron chi connectivity index (χ4n) is 1.86. The third kappa shape index (κ3) is 4.26. The van der Waals surface area contributed by atoms with Gasteiger partial charge in [-0.2, -0.15) is 0 Å². The first kappa shape index (κ1) is 15.9. The SMILES string of the molecule is CCCc1nc(NC(=O)/C=C/c2ccccc2)sc1C(=O)O. The predicted molar refractivity (Wildman–Crippen MR) is 87.2 cm³/mol. The molecule has 0 unspecified atom stereocenters. The Balaban J connectivity index is 2.07. The van der Waals surface area contributed by atoms with Crippen molar-refractivity contribution in [2.45, 2.75) is 19.8 Å². The zero-order valence-corrected chi connectivity index (χ0v) is 12.9. The van der Waals surface area contributed by atoms with Gasteiger partial charge in [-0.3, -0.25) is 10.1 Å². The number of hydrogen-bond acceptors (Lipinski definition) is 4. The Morgan fingerprint density at radius 1 is 1.32 bits per heavy atom. The van der Waals surface area contributed by atoms with Gasteiger partial charge in [0.15, 0.2) is 5.13 Å². The second kappa shape index (κ2) is 7.51. The lowest BCUT2D eigenvalue weighted by Gasteiger charge is -1.96. The number of carboxylic acids is 1. The Morgan fingerprint density at radius 3 is 2.68 bits per heavy atom. The van der Waals surface area contributed by atoms with Gasteiger partial charge < -0.3 is 5.11 Å². The minimum absolute atomic E-state index is 0.184. The summed E-state index contributed by atoms with van der Waals surface area (Å²) in [5.41, 5.74) is 1.43. The molecule has 0 aliphatic rings. The number of rotatable bonds is 6. The molecule has 0 radical (unpaired) electrons. The highest BCUT2D eigenvalue weighted by Crippen LogP contribution is 2.24. The van der Waals surface area contributed by atoms with Gasteiger partial charge >= 0.3 is 5.97 Å². The van der Waals surface area contributed by atoms with Crippen molar-refractivity contribution in [3.05, 3.63) is 52.5 Å². The average Bonchev–Trinajstić information content (AvgIpc) is 2.89. The molecule has 2 rings (SSSR count). The van der Waals surface area contributed by atoms with E-state index in [2.05, 4.69) is 10.3 Å². The van der Waals surface area contributed by atoms with E-state index in [-0.39, 0.29) is 10.8 Å². The van der Waals surface area contributed by atoms with Gasteiger partial charge in [0.1, 0.15) is 4.88 Å². The molecule has 1 aromatic heterocycles. The van der Waals surface area contributed by atoms with Crippen LogP contribution in [0.1, 0.15) is 34.3 Å². The Kier molecular flexibility index (Phi) is 5.43. The summed E-state index contributed by atoms with van der Waals surface area (Å²) in [7, 11) is 0. The molecular formula is C16H16N2O3S. The number of amides is 1. The molecule has 0 atom stereocenters. The lowest BCUT2D eigenvalue weighted by Crippen LogP contribution is -2.07. The molecule has 22 heavy (non-hydrogen) atoms. The first-order chi connectivity index (χ1) is 10.6. The fourth-order valence-corrected chi connectivity index (χ4v) is 2.72. The maximum Gasteiger partial charge on any atom is 0.347 e. The minimum Gasteiger partial charge on any atom is -0.477 e. The number of aromatic carboxylic acids is 1. The van der Waals surface area contributed by atoms with Crippen LogP contribution in [0.4, 0.5) is 5.13 Å². The Morgan fingerprint density at radius 2 is 2.05 bits per heavy atom. The molecule has 0 aliphatic heterocycles. The Bertz CT molecular complexity index is 693. The number of thiazole rings is 1. The Labute approximate surface area is 132 Å². The van der Waals surface area contributed by atoms with Crippen LogP contribution in [-0.4, -0.2) is 22.0 Å². The van der Waals surface area contributed by atoms with Crippen molar-refractivity contribution in [1.29, 1.82) is 0 Å². The second-order valence-corrected chi connectivity index (χ2v) is 5.58. The van der Waals surface area contributed by atoms with E-state index < -0.39 is 5.97 Å². The first-order valence-corrected chi connectivity index (χ1v) is 7.69. The molecule has 0 aliphatic carbocycles. The minimum atomic E-state index is -1.01. The Hall–Kier alpha value is -2.47. The number of anilines is 1. The molecule has 2 aromatic rings. The molecule has 2 N–H and O–H groups in total. The molecule has 0 bridgehead atoms. The summed E-state index contributed by atoms with van der Waals surface area (Å²) in [5.74, 6) is -1.35. The van der Waals surface area contributed by atoms with Crippen LogP contribution in [0.25, 0.3) is 6.08 Å². The van der Waals surface area contributed by atoms with Gasteiger partial charge in [0.05, 0.1) is 5.69 Å². The van der Waals surface area contributed by atoms with E-state index >= 15 is 0 Å². The third-order valence-electron chi connectivity index (χ3n) is 2.84. The van der Waals surface area contributed by atoms with E-state index in [4.69, 9.17) is 5.11 Å². The van der Waals surface area contributed by atoms with E-state index in [1.54, 1.807) is 6.08 Å².